The zero-order valence-corrected chi connectivity index (χ0v) is 15.6. The van der Waals surface area contributed by atoms with E-state index in [1.165, 1.54) is 0 Å². The Morgan fingerprint density at radius 2 is 1.23 bits per heavy atom. The molecule has 0 bridgehead atoms. The standard InChI is InChI=1S/2C8H9F5O2/c1-5(2)6(14)15-8(12,13)4-3-7(9,10)11;1-5(6(14)15)4-7(9,10)2-3-8(11,12)13/h1,3-4H2,2H3;4H,2-3H2,1H3,(H,14,15). The number of halogens is 10. The summed E-state index contributed by atoms with van der Waals surface area (Å²) in [5, 5.41) is 8.25. The number of carboxylic acids is 1. The first kappa shape index (κ1) is 29.9. The van der Waals surface area contributed by atoms with Gasteiger partial charge in [0.25, 0.3) is 5.92 Å². The maximum atomic E-state index is 12.7. The highest BCUT2D eigenvalue weighted by Crippen LogP contribution is 2.31. The molecule has 0 radical (unpaired) electrons. The summed E-state index contributed by atoms with van der Waals surface area (Å²) < 4.78 is 124. The molecule has 0 saturated heterocycles. The smallest absolute Gasteiger partial charge is 0.400 e. The summed E-state index contributed by atoms with van der Waals surface area (Å²) in [7, 11) is 0. The van der Waals surface area contributed by atoms with Crippen molar-refractivity contribution in [2.75, 3.05) is 0 Å². The Balaban J connectivity index is 0. The van der Waals surface area contributed by atoms with Crippen molar-refractivity contribution in [1.82, 2.24) is 0 Å². The van der Waals surface area contributed by atoms with E-state index in [0.717, 1.165) is 13.8 Å². The van der Waals surface area contributed by atoms with Gasteiger partial charge in [0.2, 0.25) is 0 Å². The minimum Gasteiger partial charge on any atom is -0.478 e. The summed E-state index contributed by atoms with van der Waals surface area (Å²) >= 11 is 0. The summed E-state index contributed by atoms with van der Waals surface area (Å²) in [6.07, 6.45) is -19.9. The van der Waals surface area contributed by atoms with Gasteiger partial charge in [-0.2, -0.15) is 35.1 Å². The van der Waals surface area contributed by atoms with Gasteiger partial charge in [0, 0.05) is 24.0 Å². The molecule has 0 aromatic heterocycles. The fraction of sp³-hybridized carbons (Fsp3) is 0.625. The first-order valence-corrected chi connectivity index (χ1v) is 7.78. The molecule has 0 aromatic rings. The van der Waals surface area contributed by atoms with Crippen molar-refractivity contribution in [3.8, 4) is 0 Å². The Morgan fingerprint density at radius 1 is 0.833 bits per heavy atom. The zero-order chi connectivity index (χ0) is 24.6. The highest BCUT2D eigenvalue weighted by molar-refractivity contribution is 5.87. The van der Waals surface area contributed by atoms with Gasteiger partial charge in [0.05, 0.1) is 12.8 Å². The molecule has 0 saturated carbocycles. The van der Waals surface area contributed by atoms with Crippen molar-refractivity contribution >= 4 is 11.9 Å². The average Bonchev–Trinajstić information content (AvgIpc) is 2.50. The van der Waals surface area contributed by atoms with Crippen LogP contribution in [0.3, 0.4) is 0 Å². The third kappa shape index (κ3) is 17.8. The lowest BCUT2D eigenvalue weighted by molar-refractivity contribution is -0.245. The molecule has 176 valence electrons. The second-order valence-electron chi connectivity index (χ2n) is 5.93. The van der Waals surface area contributed by atoms with Gasteiger partial charge < -0.3 is 9.84 Å². The van der Waals surface area contributed by atoms with E-state index in [0.29, 0.717) is 0 Å². The Morgan fingerprint density at radius 3 is 1.57 bits per heavy atom. The maximum Gasteiger partial charge on any atom is 0.400 e. The molecular weight excluding hydrogens is 446 g/mol. The molecule has 14 heteroatoms. The highest BCUT2D eigenvalue weighted by Gasteiger charge is 2.39. The number of allylic oxidation sites excluding steroid dienone is 1. The molecule has 0 amide bonds. The summed E-state index contributed by atoms with van der Waals surface area (Å²) in [5.74, 6) is -6.75. The van der Waals surface area contributed by atoms with Crippen LogP contribution in [-0.4, -0.2) is 41.4 Å². The van der Waals surface area contributed by atoms with Crippen LogP contribution in [0.15, 0.2) is 23.8 Å². The number of esters is 1. The van der Waals surface area contributed by atoms with E-state index in [-0.39, 0.29) is 11.6 Å². The fourth-order valence-corrected chi connectivity index (χ4v) is 1.32. The molecule has 30 heavy (non-hydrogen) atoms. The summed E-state index contributed by atoms with van der Waals surface area (Å²) in [6, 6.07) is 0. The van der Waals surface area contributed by atoms with E-state index in [2.05, 4.69) is 11.3 Å². The number of rotatable bonds is 8. The molecule has 0 aliphatic carbocycles. The topological polar surface area (TPSA) is 63.6 Å². The highest BCUT2D eigenvalue weighted by atomic mass is 19.4. The van der Waals surface area contributed by atoms with Gasteiger partial charge in [-0.1, -0.05) is 6.58 Å². The molecule has 0 aliphatic heterocycles. The van der Waals surface area contributed by atoms with Crippen LogP contribution in [0.4, 0.5) is 43.9 Å². The molecule has 0 unspecified atom stereocenters. The van der Waals surface area contributed by atoms with Crippen molar-refractivity contribution < 1.29 is 63.3 Å². The first-order chi connectivity index (χ1) is 13.1. The van der Waals surface area contributed by atoms with Gasteiger partial charge in [0.15, 0.2) is 0 Å². The Kier molecular flexibility index (Phi) is 11.2. The molecule has 0 spiro atoms. The number of carboxylic acid groups (broad SMARTS) is 1. The van der Waals surface area contributed by atoms with Gasteiger partial charge in [0.1, 0.15) is 0 Å². The van der Waals surface area contributed by atoms with E-state index in [1.807, 2.05) is 0 Å². The van der Waals surface area contributed by atoms with Crippen LogP contribution < -0.4 is 0 Å². The summed E-state index contributed by atoms with van der Waals surface area (Å²) in [4.78, 5) is 20.8. The van der Waals surface area contributed by atoms with Crippen LogP contribution in [0.5, 0.6) is 0 Å². The number of carbonyl (C=O) groups excluding carboxylic acids is 1. The second kappa shape index (κ2) is 11.2. The number of alkyl halides is 10. The van der Waals surface area contributed by atoms with E-state index in [1.54, 1.807) is 0 Å². The van der Waals surface area contributed by atoms with Crippen molar-refractivity contribution in [2.24, 2.45) is 0 Å². The zero-order valence-electron chi connectivity index (χ0n) is 15.6. The minimum absolute atomic E-state index is 0.0288. The van der Waals surface area contributed by atoms with E-state index in [9.17, 15) is 53.5 Å². The molecule has 0 fully saturated rings. The van der Waals surface area contributed by atoms with Crippen molar-refractivity contribution in [3.63, 3.8) is 0 Å². The molecule has 0 rings (SSSR count). The van der Waals surface area contributed by atoms with Gasteiger partial charge >= 0.3 is 30.4 Å². The van der Waals surface area contributed by atoms with Crippen LogP contribution in [0.25, 0.3) is 0 Å². The largest absolute Gasteiger partial charge is 0.478 e. The number of hydrogen-bond acceptors (Lipinski definition) is 3. The lowest BCUT2D eigenvalue weighted by atomic mass is 10.1. The first-order valence-electron chi connectivity index (χ1n) is 7.78. The SMILES string of the molecule is C=C(C)C(=O)OC(F)(F)CCC(F)(F)F.CC(=CC(F)(F)CCC(F)(F)F)C(=O)O. The molecule has 0 aromatic carbocycles. The lowest BCUT2D eigenvalue weighted by Crippen LogP contribution is -2.27. The molecule has 0 heterocycles. The van der Waals surface area contributed by atoms with E-state index >= 15 is 0 Å². The van der Waals surface area contributed by atoms with Gasteiger partial charge in [-0.05, 0) is 19.9 Å². The van der Waals surface area contributed by atoms with Gasteiger partial charge in [-0.3, -0.25) is 0 Å². The molecule has 0 atom stereocenters. The quantitative estimate of drug-likeness (QED) is 0.271. The predicted molar refractivity (Wildman–Crippen MR) is 82.8 cm³/mol. The van der Waals surface area contributed by atoms with Gasteiger partial charge in [-0.25, -0.2) is 18.4 Å². The van der Waals surface area contributed by atoms with Crippen LogP contribution in [0.1, 0.15) is 39.5 Å². The molecule has 4 nitrogen and oxygen atoms in total. The number of carbonyl (C=O) groups is 2. The van der Waals surface area contributed by atoms with Crippen LogP contribution >= 0.6 is 0 Å². The fourth-order valence-electron chi connectivity index (χ4n) is 1.32. The summed E-state index contributed by atoms with van der Waals surface area (Å²) in [5.41, 5.74) is -0.983. The Hall–Kier alpha value is -2.28. The van der Waals surface area contributed by atoms with Crippen LogP contribution in [0, 0.1) is 0 Å². The second-order valence-corrected chi connectivity index (χ2v) is 5.93. The Bertz CT molecular complexity index is 633. The minimum atomic E-state index is -4.71. The van der Waals surface area contributed by atoms with E-state index < -0.39 is 67.6 Å². The van der Waals surface area contributed by atoms with Crippen molar-refractivity contribution in [3.05, 3.63) is 23.8 Å². The normalized spacial score (nSPS) is 13.3. The van der Waals surface area contributed by atoms with Crippen molar-refractivity contribution in [2.45, 2.75) is 63.9 Å². The predicted octanol–water partition coefficient (Wildman–Crippen LogP) is 6.04. The third-order valence-corrected chi connectivity index (χ3v) is 2.80. The average molecular weight is 464 g/mol. The van der Waals surface area contributed by atoms with Crippen LogP contribution in [0.2, 0.25) is 0 Å². The molecule has 1 N–H and O–H groups in total. The van der Waals surface area contributed by atoms with Crippen LogP contribution in [-0.2, 0) is 14.3 Å². The summed E-state index contributed by atoms with van der Waals surface area (Å²) in [6.45, 7) is 5.02. The monoisotopic (exact) mass is 464 g/mol. The van der Waals surface area contributed by atoms with Crippen molar-refractivity contribution in [1.29, 1.82) is 0 Å². The third-order valence-electron chi connectivity index (χ3n) is 2.80. The maximum absolute atomic E-state index is 12.7. The Labute approximate surface area is 164 Å². The molecule has 0 aliphatic rings. The molecular formula is C16H18F10O4. The number of aliphatic carboxylic acids is 1. The number of hydrogen-bond donors (Lipinski definition) is 1. The van der Waals surface area contributed by atoms with Gasteiger partial charge in [-0.15, -0.1) is 0 Å². The van der Waals surface area contributed by atoms with E-state index in [4.69, 9.17) is 5.11 Å². The lowest BCUT2D eigenvalue weighted by Gasteiger charge is -2.17. The number of ether oxygens (including phenoxy) is 1.